The average molecular weight is 373 g/mol. The number of aromatic carboxylic acids is 4. The molecule has 0 unspecified atom stereocenters. The molecule has 0 aliphatic carbocycles. The Morgan fingerprint density at radius 3 is 1.56 bits per heavy atom. The van der Waals surface area contributed by atoms with E-state index in [1.54, 1.807) is 18.2 Å². The molecular formula is C17H11NO9. The van der Waals surface area contributed by atoms with Gasteiger partial charge < -0.3 is 25.7 Å². The number of carbonyl (C=O) groups excluding carboxylic acids is 1. The monoisotopic (exact) mass is 373 g/mol. The van der Waals surface area contributed by atoms with E-state index in [0.717, 1.165) is 0 Å². The Kier molecular flexibility index (Phi) is 5.21. The van der Waals surface area contributed by atoms with Gasteiger partial charge in [0.25, 0.3) is 5.91 Å². The zero-order valence-corrected chi connectivity index (χ0v) is 13.3. The Morgan fingerprint density at radius 2 is 1.11 bits per heavy atom. The van der Waals surface area contributed by atoms with Gasteiger partial charge in [-0.05, 0) is 18.2 Å². The van der Waals surface area contributed by atoms with Crippen LogP contribution in [0.5, 0.6) is 0 Å². The van der Waals surface area contributed by atoms with Crippen molar-refractivity contribution in [2.75, 3.05) is 5.32 Å². The molecule has 138 valence electrons. The van der Waals surface area contributed by atoms with Gasteiger partial charge >= 0.3 is 23.9 Å². The number of anilines is 1. The van der Waals surface area contributed by atoms with E-state index >= 15 is 0 Å². The highest BCUT2D eigenvalue weighted by molar-refractivity contribution is 6.20. The molecule has 0 fully saturated rings. The molecule has 10 heteroatoms. The lowest BCUT2D eigenvalue weighted by molar-refractivity contribution is 0.0618. The van der Waals surface area contributed by atoms with Crippen molar-refractivity contribution in [1.29, 1.82) is 0 Å². The minimum absolute atomic E-state index is 0.231. The van der Waals surface area contributed by atoms with Gasteiger partial charge in [-0.2, -0.15) is 0 Å². The van der Waals surface area contributed by atoms with E-state index in [0.29, 0.717) is 6.07 Å². The van der Waals surface area contributed by atoms with Gasteiger partial charge in [0.05, 0.1) is 27.8 Å². The topological polar surface area (TPSA) is 178 Å². The fourth-order valence-corrected chi connectivity index (χ4v) is 2.41. The summed E-state index contributed by atoms with van der Waals surface area (Å²) in [5, 5.41) is 39.4. The second-order valence-electron chi connectivity index (χ2n) is 5.14. The molecule has 2 aromatic carbocycles. The predicted octanol–water partition coefficient (Wildman–Crippen LogP) is 1.73. The van der Waals surface area contributed by atoms with Gasteiger partial charge in [0.1, 0.15) is 0 Å². The molecule has 1 amide bonds. The fraction of sp³-hybridized carbons (Fsp3) is 0. The van der Waals surface area contributed by atoms with Gasteiger partial charge in [0.2, 0.25) is 0 Å². The Morgan fingerprint density at radius 1 is 0.630 bits per heavy atom. The highest BCUT2D eigenvalue weighted by Crippen LogP contribution is 2.26. The summed E-state index contributed by atoms with van der Waals surface area (Å²) in [5.74, 6) is -8.80. The van der Waals surface area contributed by atoms with Gasteiger partial charge in [-0.25, -0.2) is 19.2 Å². The molecule has 0 aliphatic heterocycles. The summed E-state index contributed by atoms with van der Waals surface area (Å²) in [6.45, 7) is 0. The maximum absolute atomic E-state index is 12.5. The zero-order valence-electron chi connectivity index (χ0n) is 13.3. The van der Waals surface area contributed by atoms with Crippen LogP contribution in [-0.2, 0) is 0 Å². The van der Waals surface area contributed by atoms with Crippen LogP contribution in [0.15, 0.2) is 36.4 Å². The summed E-state index contributed by atoms with van der Waals surface area (Å²) in [7, 11) is 0. The lowest BCUT2D eigenvalue weighted by Crippen LogP contribution is -2.25. The van der Waals surface area contributed by atoms with Crippen molar-refractivity contribution in [3.8, 4) is 0 Å². The van der Waals surface area contributed by atoms with Crippen LogP contribution in [0.4, 0.5) is 5.69 Å². The van der Waals surface area contributed by atoms with Crippen molar-refractivity contribution >= 4 is 35.5 Å². The van der Waals surface area contributed by atoms with Crippen LogP contribution in [-0.4, -0.2) is 50.2 Å². The summed E-state index contributed by atoms with van der Waals surface area (Å²) < 4.78 is 0. The number of amides is 1. The smallest absolute Gasteiger partial charge is 0.337 e. The minimum Gasteiger partial charge on any atom is -0.478 e. The van der Waals surface area contributed by atoms with E-state index in [-0.39, 0.29) is 5.69 Å². The summed E-state index contributed by atoms with van der Waals surface area (Å²) >= 11 is 0. The Hall–Kier alpha value is -4.21. The van der Waals surface area contributed by atoms with Crippen molar-refractivity contribution in [1.82, 2.24) is 0 Å². The number of hydrogen-bond acceptors (Lipinski definition) is 5. The van der Waals surface area contributed by atoms with Crippen molar-refractivity contribution in [2.45, 2.75) is 0 Å². The number of para-hydroxylation sites is 1. The highest BCUT2D eigenvalue weighted by atomic mass is 16.4. The second-order valence-corrected chi connectivity index (χ2v) is 5.14. The first-order chi connectivity index (χ1) is 12.6. The molecule has 0 aromatic heterocycles. The third-order valence-corrected chi connectivity index (χ3v) is 3.48. The average Bonchev–Trinajstić information content (AvgIpc) is 2.60. The van der Waals surface area contributed by atoms with Gasteiger partial charge in [-0.3, -0.25) is 4.79 Å². The van der Waals surface area contributed by atoms with E-state index in [1.165, 1.54) is 12.1 Å². The molecular weight excluding hydrogens is 362 g/mol. The largest absolute Gasteiger partial charge is 0.478 e. The molecule has 0 spiro atoms. The molecule has 10 nitrogen and oxygen atoms in total. The Balaban J connectivity index is 2.82. The van der Waals surface area contributed by atoms with Gasteiger partial charge in [0, 0.05) is 5.69 Å². The quantitative estimate of drug-likeness (QED) is 0.504. The maximum Gasteiger partial charge on any atom is 0.337 e. The van der Waals surface area contributed by atoms with E-state index in [2.05, 4.69) is 5.32 Å². The van der Waals surface area contributed by atoms with E-state index < -0.39 is 57.6 Å². The molecule has 2 aromatic rings. The third kappa shape index (κ3) is 3.74. The van der Waals surface area contributed by atoms with Crippen molar-refractivity contribution in [3.05, 3.63) is 64.2 Å². The van der Waals surface area contributed by atoms with Crippen molar-refractivity contribution in [2.24, 2.45) is 0 Å². The lowest BCUT2D eigenvalue weighted by atomic mass is 9.90. The molecule has 0 aliphatic rings. The second kappa shape index (κ2) is 7.35. The van der Waals surface area contributed by atoms with E-state index in [1.807, 2.05) is 0 Å². The minimum atomic E-state index is -2.00. The maximum atomic E-state index is 12.5. The highest BCUT2D eigenvalue weighted by Gasteiger charge is 2.34. The van der Waals surface area contributed by atoms with E-state index in [9.17, 15) is 44.4 Å². The van der Waals surface area contributed by atoms with Gasteiger partial charge in [0.15, 0.2) is 0 Å². The number of hydrogen-bond donors (Lipinski definition) is 5. The Bertz CT molecular complexity index is 980. The fourth-order valence-electron chi connectivity index (χ4n) is 2.41. The normalized spacial score (nSPS) is 10.1. The number of rotatable bonds is 6. The number of carbonyl (C=O) groups is 5. The van der Waals surface area contributed by atoms with Crippen LogP contribution >= 0.6 is 0 Å². The van der Waals surface area contributed by atoms with Crippen LogP contribution in [0, 0.1) is 0 Å². The van der Waals surface area contributed by atoms with Crippen LogP contribution in [0.25, 0.3) is 0 Å². The predicted molar refractivity (Wildman–Crippen MR) is 88.7 cm³/mol. The molecule has 0 radical (unpaired) electrons. The molecule has 0 bridgehead atoms. The summed E-state index contributed by atoms with van der Waals surface area (Å²) in [6, 6.07) is 8.21. The number of carboxylic acid groups (broad SMARTS) is 4. The Labute approximate surface area is 150 Å². The summed E-state index contributed by atoms with van der Waals surface area (Å²) in [4.78, 5) is 58.3. The van der Waals surface area contributed by atoms with Crippen LogP contribution in [0.2, 0.25) is 0 Å². The number of carboxylic acids is 4. The molecule has 0 heterocycles. The SMILES string of the molecule is O=C(O)c1cc(C(=O)Nc2ccccc2)c(C(=O)O)c(C(=O)O)c1C(=O)O. The van der Waals surface area contributed by atoms with Crippen LogP contribution in [0.3, 0.4) is 0 Å². The molecule has 27 heavy (non-hydrogen) atoms. The van der Waals surface area contributed by atoms with Crippen molar-refractivity contribution in [3.63, 3.8) is 0 Å². The lowest BCUT2D eigenvalue weighted by Gasteiger charge is -2.14. The first-order valence-electron chi connectivity index (χ1n) is 7.15. The molecule has 2 rings (SSSR count). The first-order valence-corrected chi connectivity index (χ1v) is 7.15. The number of benzene rings is 2. The first kappa shape index (κ1) is 19.1. The standard InChI is InChI=1S/C17H11NO9/c19-13(18-7-4-2-1-3-5-7)8-6-9(14(20)21)11(16(24)25)12(17(26)27)10(8)15(22)23/h1-6H,(H,18,19)(H,20,21)(H,22,23)(H,24,25)(H,26,27). The summed E-state index contributed by atoms with van der Waals surface area (Å²) in [6.07, 6.45) is 0. The molecule has 0 atom stereocenters. The zero-order chi connectivity index (χ0) is 20.3. The van der Waals surface area contributed by atoms with Gasteiger partial charge in [-0.1, -0.05) is 18.2 Å². The molecule has 0 saturated carbocycles. The van der Waals surface area contributed by atoms with Crippen molar-refractivity contribution < 1.29 is 44.4 Å². The van der Waals surface area contributed by atoms with E-state index in [4.69, 9.17) is 0 Å². The van der Waals surface area contributed by atoms with Crippen LogP contribution in [0.1, 0.15) is 51.8 Å². The van der Waals surface area contributed by atoms with Crippen LogP contribution < -0.4 is 5.32 Å². The molecule has 0 saturated heterocycles. The van der Waals surface area contributed by atoms with Gasteiger partial charge in [-0.15, -0.1) is 0 Å². The summed E-state index contributed by atoms with van der Waals surface area (Å²) in [5.41, 5.74) is -5.25. The molecule has 5 N–H and O–H groups in total. The third-order valence-electron chi connectivity index (χ3n) is 3.48. The number of nitrogens with one attached hydrogen (secondary N) is 1.